The molecule has 0 aromatic heterocycles. The van der Waals surface area contributed by atoms with Crippen molar-refractivity contribution in [2.45, 2.75) is 39.2 Å². The summed E-state index contributed by atoms with van der Waals surface area (Å²) in [5, 5.41) is 9.18. The summed E-state index contributed by atoms with van der Waals surface area (Å²) in [6.07, 6.45) is 1.61. The summed E-state index contributed by atoms with van der Waals surface area (Å²) in [7, 11) is 0. The van der Waals surface area contributed by atoms with Crippen LogP contribution in [0.4, 0.5) is 0 Å². The number of esters is 1. The zero-order valence-corrected chi connectivity index (χ0v) is 13.4. The summed E-state index contributed by atoms with van der Waals surface area (Å²) in [5.74, 6) is -1.71. The molecule has 0 aliphatic rings. The molecule has 0 atom stereocenters. The van der Waals surface area contributed by atoms with Crippen LogP contribution in [-0.4, -0.2) is 22.6 Å². The molecule has 1 N–H and O–H groups in total. The summed E-state index contributed by atoms with van der Waals surface area (Å²) in [5.41, 5.74) is -0.493. The van der Waals surface area contributed by atoms with Crippen molar-refractivity contribution in [2.24, 2.45) is 0 Å². The predicted octanol–water partition coefficient (Wildman–Crippen LogP) is 3.72. The number of halogens is 1. The number of hydrogen-bond donors (Lipinski definition) is 1. The van der Waals surface area contributed by atoms with Gasteiger partial charge in [-0.05, 0) is 55.0 Å². The molecule has 1 aromatic carbocycles. The molecule has 0 saturated heterocycles. The van der Waals surface area contributed by atoms with Crippen molar-refractivity contribution in [3.8, 4) is 0 Å². The van der Waals surface area contributed by atoms with Crippen molar-refractivity contribution >= 4 is 34.5 Å². The van der Waals surface area contributed by atoms with Crippen LogP contribution in [0.15, 0.2) is 18.2 Å². The molecule has 0 amide bonds. The Morgan fingerprint density at radius 3 is 2.53 bits per heavy atom. The molecule has 1 rings (SSSR count). The van der Waals surface area contributed by atoms with E-state index in [0.29, 0.717) is 3.57 Å². The van der Waals surface area contributed by atoms with E-state index >= 15 is 0 Å². The molecule has 0 aliphatic carbocycles. The number of aromatic carboxylic acids is 1. The lowest BCUT2D eigenvalue weighted by molar-refractivity contribution is -0.00503. The molecular formula is C14H17IO4. The molecule has 0 radical (unpaired) electrons. The maximum atomic E-state index is 12.1. The minimum atomic E-state index is -1.12. The van der Waals surface area contributed by atoms with E-state index < -0.39 is 17.5 Å². The van der Waals surface area contributed by atoms with Crippen molar-refractivity contribution in [2.75, 3.05) is 0 Å². The van der Waals surface area contributed by atoms with Crippen LogP contribution in [0.25, 0.3) is 0 Å². The normalized spacial score (nSPS) is 11.2. The zero-order chi connectivity index (χ0) is 14.6. The van der Waals surface area contributed by atoms with Crippen molar-refractivity contribution in [1.29, 1.82) is 0 Å². The summed E-state index contributed by atoms with van der Waals surface area (Å²) in [6.45, 7) is 5.65. The number of carbonyl (C=O) groups excluding carboxylic acids is 1. The highest BCUT2D eigenvalue weighted by atomic mass is 127. The number of hydrogen-bond acceptors (Lipinski definition) is 3. The molecule has 0 aliphatic heterocycles. The van der Waals surface area contributed by atoms with Crippen LogP contribution in [0.1, 0.15) is 54.3 Å². The maximum Gasteiger partial charge on any atom is 0.339 e. The molecule has 0 heterocycles. The van der Waals surface area contributed by atoms with E-state index in [9.17, 15) is 14.7 Å². The first kappa shape index (κ1) is 15.9. The molecular weight excluding hydrogens is 359 g/mol. The van der Waals surface area contributed by atoms with E-state index in [1.807, 2.05) is 43.4 Å². The lowest BCUT2D eigenvalue weighted by Gasteiger charge is -2.25. The fraction of sp³-hybridized carbons (Fsp3) is 0.429. The molecule has 1 aromatic rings. The van der Waals surface area contributed by atoms with E-state index in [0.717, 1.165) is 12.8 Å². The van der Waals surface area contributed by atoms with Gasteiger partial charge in [0.1, 0.15) is 5.60 Å². The molecule has 4 nitrogen and oxygen atoms in total. The standard InChI is InChI=1S/C14H17IO4/c1-4-8-14(2,3)19-13(18)9-6-5-7-10(15)11(9)12(16)17/h5-7H,4,8H2,1-3H3,(H,16,17). The van der Waals surface area contributed by atoms with Crippen LogP contribution in [0, 0.1) is 3.57 Å². The Kier molecular flexibility index (Phi) is 5.34. The third-order valence-corrected chi connectivity index (χ3v) is 3.57. The van der Waals surface area contributed by atoms with Gasteiger partial charge in [0, 0.05) is 3.57 Å². The third kappa shape index (κ3) is 4.19. The van der Waals surface area contributed by atoms with Crippen LogP contribution in [0.3, 0.4) is 0 Å². The minimum absolute atomic E-state index is 0.000369. The minimum Gasteiger partial charge on any atom is -0.478 e. The Labute approximate surface area is 126 Å². The SMILES string of the molecule is CCCC(C)(C)OC(=O)c1cccc(I)c1C(=O)O. The fourth-order valence-electron chi connectivity index (χ4n) is 1.87. The van der Waals surface area contributed by atoms with Gasteiger partial charge in [0.15, 0.2) is 0 Å². The summed E-state index contributed by atoms with van der Waals surface area (Å²) >= 11 is 1.90. The van der Waals surface area contributed by atoms with Crippen LogP contribution < -0.4 is 0 Å². The Morgan fingerprint density at radius 1 is 1.37 bits per heavy atom. The van der Waals surface area contributed by atoms with Crippen molar-refractivity contribution in [3.63, 3.8) is 0 Å². The highest BCUT2D eigenvalue weighted by Gasteiger charge is 2.26. The molecule has 0 fully saturated rings. The zero-order valence-electron chi connectivity index (χ0n) is 11.2. The lowest BCUT2D eigenvalue weighted by Crippen LogP contribution is -2.28. The number of carbonyl (C=O) groups is 2. The molecule has 104 valence electrons. The lowest BCUT2D eigenvalue weighted by atomic mass is 10.0. The molecule has 5 heteroatoms. The first-order chi connectivity index (χ1) is 8.78. The molecule has 0 unspecified atom stereocenters. The average Bonchev–Trinajstić information content (AvgIpc) is 2.27. The Balaban J connectivity index is 3.07. The quantitative estimate of drug-likeness (QED) is 0.629. The van der Waals surface area contributed by atoms with Gasteiger partial charge in [0.2, 0.25) is 0 Å². The van der Waals surface area contributed by atoms with Crippen LogP contribution >= 0.6 is 22.6 Å². The van der Waals surface area contributed by atoms with E-state index in [1.165, 1.54) is 6.07 Å². The van der Waals surface area contributed by atoms with Crippen molar-refractivity contribution in [3.05, 3.63) is 32.9 Å². The van der Waals surface area contributed by atoms with Gasteiger partial charge in [0.05, 0.1) is 11.1 Å². The number of ether oxygens (including phenoxy) is 1. The third-order valence-electron chi connectivity index (χ3n) is 2.67. The summed E-state index contributed by atoms with van der Waals surface area (Å²) in [6, 6.07) is 4.78. The number of rotatable bonds is 5. The second kappa shape index (κ2) is 6.36. The van der Waals surface area contributed by atoms with Gasteiger partial charge in [-0.1, -0.05) is 19.4 Å². The van der Waals surface area contributed by atoms with E-state index in [4.69, 9.17) is 4.74 Å². The van der Waals surface area contributed by atoms with Gasteiger partial charge < -0.3 is 9.84 Å². The second-order valence-electron chi connectivity index (χ2n) is 4.87. The maximum absolute atomic E-state index is 12.1. The molecule has 0 saturated carbocycles. The van der Waals surface area contributed by atoms with Crippen LogP contribution in [0.2, 0.25) is 0 Å². The largest absolute Gasteiger partial charge is 0.478 e. The topological polar surface area (TPSA) is 63.6 Å². The van der Waals surface area contributed by atoms with Gasteiger partial charge in [-0.2, -0.15) is 0 Å². The summed E-state index contributed by atoms with van der Waals surface area (Å²) in [4.78, 5) is 23.3. The highest BCUT2D eigenvalue weighted by molar-refractivity contribution is 14.1. The Hall–Kier alpha value is -1.11. The van der Waals surface area contributed by atoms with Gasteiger partial charge >= 0.3 is 11.9 Å². The smallest absolute Gasteiger partial charge is 0.339 e. The van der Waals surface area contributed by atoms with Crippen molar-refractivity contribution in [1.82, 2.24) is 0 Å². The summed E-state index contributed by atoms with van der Waals surface area (Å²) < 4.78 is 5.93. The first-order valence-corrected chi connectivity index (χ1v) is 7.11. The molecule has 0 bridgehead atoms. The first-order valence-electron chi connectivity index (χ1n) is 6.03. The van der Waals surface area contributed by atoms with Gasteiger partial charge in [-0.25, -0.2) is 9.59 Å². The van der Waals surface area contributed by atoms with Gasteiger partial charge in [0.25, 0.3) is 0 Å². The number of carboxylic acid groups (broad SMARTS) is 1. The highest BCUT2D eigenvalue weighted by Crippen LogP contribution is 2.22. The van der Waals surface area contributed by atoms with E-state index in [2.05, 4.69) is 0 Å². The average molecular weight is 376 g/mol. The fourth-order valence-corrected chi connectivity index (χ4v) is 2.60. The van der Waals surface area contributed by atoms with Gasteiger partial charge in [-0.15, -0.1) is 0 Å². The van der Waals surface area contributed by atoms with Crippen LogP contribution in [0.5, 0.6) is 0 Å². The monoisotopic (exact) mass is 376 g/mol. The van der Waals surface area contributed by atoms with E-state index in [1.54, 1.807) is 12.1 Å². The number of carboxylic acids is 1. The van der Waals surface area contributed by atoms with E-state index in [-0.39, 0.29) is 11.1 Å². The number of benzene rings is 1. The predicted molar refractivity (Wildman–Crippen MR) is 80.5 cm³/mol. The van der Waals surface area contributed by atoms with Crippen molar-refractivity contribution < 1.29 is 19.4 Å². The second-order valence-corrected chi connectivity index (χ2v) is 6.03. The van der Waals surface area contributed by atoms with Gasteiger partial charge in [-0.3, -0.25) is 0 Å². The van der Waals surface area contributed by atoms with Crippen LogP contribution in [-0.2, 0) is 4.74 Å². The Bertz CT molecular complexity index is 494. The molecule has 19 heavy (non-hydrogen) atoms. The molecule has 0 spiro atoms. The Morgan fingerprint density at radius 2 is 2.00 bits per heavy atom.